The lowest BCUT2D eigenvalue weighted by Gasteiger charge is -2.50. The normalized spacial score (nSPS) is 27.9. The number of nitrogen functional groups attached to an aromatic ring is 1. The molecular formula is C13H13N3O8. The number of carbonyl (C=O) groups is 3. The minimum Gasteiger partial charge on any atom is -0.398 e. The maximum absolute atomic E-state index is 12.4. The number of fused-ring (bicyclic) bond motifs is 1. The quantitative estimate of drug-likeness (QED) is 0.151. The second-order valence-electron chi connectivity index (χ2n) is 5.56. The van der Waals surface area contributed by atoms with Crippen molar-refractivity contribution in [2.24, 2.45) is 0 Å². The van der Waals surface area contributed by atoms with Gasteiger partial charge in [0.15, 0.2) is 0 Å². The van der Waals surface area contributed by atoms with E-state index in [4.69, 9.17) is 5.73 Å². The highest BCUT2D eigenvalue weighted by molar-refractivity contribution is 6.10. The molecule has 11 nitrogen and oxygen atoms in total. The van der Waals surface area contributed by atoms with Crippen molar-refractivity contribution in [2.75, 3.05) is 5.73 Å². The summed E-state index contributed by atoms with van der Waals surface area (Å²) in [4.78, 5) is 36.2. The Hall–Kier alpha value is -2.57. The van der Waals surface area contributed by atoms with E-state index in [2.05, 4.69) is 0 Å². The summed E-state index contributed by atoms with van der Waals surface area (Å²) in [6, 6.07) is 4.19. The first-order chi connectivity index (χ1) is 11.0. The van der Waals surface area contributed by atoms with Gasteiger partial charge in [-0.2, -0.15) is 0 Å². The number of rotatable bonds is 1. The molecule has 0 spiro atoms. The van der Waals surface area contributed by atoms with Gasteiger partial charge in [-0.15, -0.1) is 0 Å². The van der Waals surface area contributed by atoms with Gasteiger partial charge in [0.25, 0.3) is 29.2 Å². The molecule has 1 unspecified atom stereocenters. The third-order valence-electron chi connectivity index (χ3n) is 4.23. The van der Waals surface area contributed by atoms with Crippen LogP contribution in [0.3, 0.4) is 0 Å². The fourth-order valence-electron chi connectivity index (χ4n) is 2.77. The molecule has 0 saturated carbocycles. The van der Waals surface area contributed by atoms with Crippen LogP contribution in [0.5, 0.6) is 0 Å². The molecule has 128 valence electrons. The Morgan fingerprint density at radius 1 is 1.04 bits per heavy atom. The van der Waals surface area contributed by atoms with Crippen molar-refractivity contribution in [1.82, 2.24) is 10.2 Å². The van der Waals surface area contributed by atoms with Gasteiger partial charge in [0.2, 0.25) is 0 Å². The van der Waals surface area contributed by atoms with Crippen LogP contribution in [-0.4, -0.2) is 65.5 Å². The molecule has 1 aromatic carbocycles. The van der Waals surface area contributed by atoms with Crippen LogP contribution in [0.15, 0.2) is 18.2 Å². The zero-order valence-electron chi connectivity index (χ0n) is 11.9. The number of nitrogens with zero attached hydrogens (tertiary/aromatic N) is 1. The van der Waals surface area contributed by atoms with Gasteiger partial charge in [0.05, 0.1) is 6.54 Å². The van der Waals surface area contributed by atoms with E-state index in [-0.39, 0.29) is 21.7 Å². The van der Waals surface area contributed by atoms with E-state index in [1.165, 1.54) is 23.5 Å². The molecule has 1 fully saturated rings. The minimum absolute atomic E-state index is 0.0228. The average Bonchev–Trinajstić information content (AvgIpc) is 2.84. The molecule has 3 amide bonds. The fourth-order valence-corrected chi connectivity index (χ4v) is 2.77. The summed E-state index contributed by atoms with van der Waals surface area (Å²) in [7, 11) is 0. The number of hydrogen-bond acceptors (Lipinski definition) is 9. The number of anilines is 1. The van der Waals surface area contributed by atoms with Crippen molar-refractivity contribution in [3.8, 4) is 0 Å². The molecule has 2 aliphatic heterocycles. The summed E-state index contributed by atoms with van der Waals surface area (Å²) in [5, 5.41) is 51.1. The van der Waals surface area contributed by atoms with Gasteiger partial charge in [-0.3, -0.25) is 24.6 Å². The number of amides is 3. The summed E-state index contributed by atoms with van der Waals surface area (Å²) in [6.07, 6.45) is 0. The first-order valence-corrected chi connectivity index (χ1v) is 6.63. The predicted molar refractivity (Wildman–Crippen MR) is 73.2 cm³/mol. The molecule has 2 heterocycles. The molecule has 0 aliphatic carbocycles. The van der Waals surface area contributed by atoms with Gasteiger partial charge in [0.1, 0.15) is 0 Å². The standard InChI is InChI=1S/C13H13N3O8/c14-7-3-1-2-5-6(7)4-16(8(5)17)11(20)9(18)15-10(19)12(21,22)13(11,23)24/h1-3,20-24H,4,14H2,(H,15,18,19). The summed E-state index contributed by atoms with van der Waals surface area (Å²) >= 11 is 0. The van der Waals surface area contributed by atoms with Crippen molar-refractivity contribution in [1.29, 1.82) is 0 Å². The van der Waals surface area contributed by atoms with Gasteiger partial charge in [-0.05, 0) is 12.1 Å². The third kappa shape index (κ3) is 1.64. The van der Waals surface area contributed by atoms with Crippen LogP contribution in [0.4, 0.5) is 5.69 Å². The Bertz CT molecular complexity index is 789. The van der Waals surface area contributed by atoms with Crippen LogP contribution in [0.25, 0.3) is 0 Å². The highest BCUT2D eigenvalue weighted by Gasteiger charge is 2.76. The summed E-state index contributed by atoms with van der Waals surface area (Å²) in [5.74, 6) is -12.7. The molecule has 1 saturated heterocycles. The van der Waals surface area contributed by atoms with Gasteiger partial charge in [0, 0.05) is 16.8 Å². The van der Waals surface area contributed by atoms with Gasteiger partial charge in [-0.1, -0.05) is 6.07 Å². The average molecular weight is 339 g/mol. The van der Waals surface area contributed by atoms with Gasteiger partial charge < -0.3 is 31.3 Å². The van der Waals surface area contributed by atoms with Crippen LogP contribution < -0.4 is 11.1 Å². The molecule has 0 aromatic heterocycles. The zero-order chi connectivity index (χ0) is 18.1. The Labute approximate surface area is 133 Å². The van der Waals surface area contributed by atoms with Gasteiger partial charge >= 0.3 is 5.79 Å². The van der Waals surface area contributed by atoms with Crippen molar-refractivity contribution in [2.45, 2.75) is 23.8 Å². The van der Waals surface area contributed by atoms with E-state index in [0.29, 0.717) is 0 Å². The second-order valence-corrected chi connectivity index (χ2v) is 5.56. The molecule has 2 aliphatic rings. The Morgan fingerprint density at radius 2 is 1.67 bits per heavy atom. The second kappa shape index (κ2) is 4.49. The highest BCUT2D eigenvalue weighted by Crippen LogP contribution is 2.41. The molecule has 8 N–H and O–H groups in total. The maximum atomic E-state index is 12.4. The maximum Gasteiger partial charge on any atom is 0.306 e. The molecular weight excluding hydrogens is 326 g/mol. The van der Waals surface area contributed by atoms with E-state index >= 15 is 0 Å². The van der Waals surface area contributed by atoms with Crippen molar-refractivity contribution >= 4 is 23.4 Å². The topological polar surface area (TPSA) is 194 Å². The molecule has 11 heteroatoms. The third-order valence-corrected chi connectivity index (χ3v) is 4.23. The number of hydrogen-bond donors (Lipinski definition) is 7. The molecule has 3 rings (SSSR count). The summed E-state index contributed by atoms with van der Waals surface area (Å²) in [6.45, 7) is -0.530. The van der Waals surface area contributed by atoms with Crippen LogP contribution >= 0.6 is 0 Å². The largest absolute Gasteiger partial charge is 0.398 e. The van der Waals surface area contributed by atoms with Crippen LogP contribution in [0, 0.1) is 0 Å². The minimum atomic E-state index is -4.11. The molecule has 24 heavy (non-hydrogen) atoms. The zero-order valence-corrected chi connectivity index (χ0v) is 11.9. The van der Waals surface area contributed by atoms with Crippen molar-refractivity contribution in [3.63, 3.8) is 0 Å². The number of carbonyl (C=O) groups excluding carboxylic acids is 3. The number of imide groups is 1. The lowest BCUT2D eigenvalue weighted by molar-refractivity contribution is -0.407. The molecule has 0 radical (unpaired) electrons. The van der Waals surface area contributed by atoms with Crippen LogP contribution in [0.1, 0.15) is 15.9 Å². The molecule has 0 bridgehead atoms. The Morgan fingerprint density at radius 3 is 2.25 bits per heavy atom. The lowest BCUT2D eigenvalue weighted by atomic mass is 9.86. The van der Waals surface area contributed by atoms with E-state index in [1.54, 1.807) is 0 Å². The first kappa shape index (κ1) is 16.3. The van der Waals surface area contributed by atoms with Crippen LogP contribution in [-0.2, 0) is 16.1 Å². The smallest absolute Gasteiger partial charge is 0.306 e. The SMILES string of the molecule is Nc1cccc2c1CN(C1(O)C(=O)NC(=O)C(O)(O)C1(O)O)C2=O. The Kier molecular flexibility index (Phi) is 3.05. The summed E-state index contributed by atoms with van der Waals surface area (Å²) < 4.78 is 0. The number of piperidine rings is 1. The monoisotopic (exact) mass is 339 g/mol. The van der Waals surface area contributed by atoms with E-state index in [9.17, 15) is 39.9 Å². The number of nitrogens with one attached hydrogen (secondary N) is 1. The number of aliphatic hydroxyl groups is 5. The van der Waals surface area contributed by atoms with E-state index in [1.807, 2.05) is 0 Å². The molecule has 1 atom stereocenters. The van der Waals surface area contributed by atoms with Crippen LogP contribution in [0.2, 0.25) is 0 Å². The number of nitrogens with two attached hydrogens (primary N) is 1. The van der Waals surface area contributed by atoms with Crippen molar-refractivity contribution < 1.29 is 39.9 Å². The highest BCUT2D eigenvalue weighted by atomic mass is 16.6. The lowest BCUT2D eigenvalue weighted by Crippen LogP contribution is -2.85. The van der Waals surface area contributed by atoms with E-state index < -0.39 is 41.6 Å². The fraction of sp³-hybridized carbons (Fsp3) is 0.308. The Balaban J connectivity index is 2.15. The van der Waals surface area contributed by atoms with Crippen molar-refractivity contribution in [3.05, 3.63) is 29.3 Å². The van der Waals surface area contributed by atoms with E-state index in [0.717, 1.165) is 0 Å². The summed E-state index contributed by atoms with van der Waals surface area (Å²) in [5.41, 5.74) is 2.45. The first-order valence-electron chi connectivity index (χ1n) is 6.63. The number of benzene rings is 1. The van der Waals surface area contributed by atoms with Gasteiger partial charge in [-0.25, -0.2) is 0 Å². The molecule has 1 aromatic rings. The predicted octanol–water partition coefficient (Wildman–Crippen LogP) is -4.07.